The maximum absolute atomic E-state index is 11.7. The smallest absolute Gasteiger partial charge is 0.244 e. The van der Waals surface area contributed by atoms with Crippen LogP contribution in [0.25, 0.3) is 0 Å². The van der Waals surface area contributed by atoms with Gasteiger partial charge in [-0.2, -0.15) is 9.82 Å². The molecule has 2 N–H and O–H groups in total. The second-order valence-corrected chi connectivity index (χ2v) is 4.78. The number of sulfonamides is 1. The molecule has 1 atom stereocenters. The molecule has 82 valence electrons. The third-order valence-corrected chi connectivity index (χ3v) is 3.30. The fraction of sp³-hybridized carbons (Fsp3) is 0.444. The van der Waals surface area contributed by atoms with Crippen LogP contribution < -0.4 is 4.72 Å². The molecule has 1 unspecified atom stereocenters. The number of H-pyrrole nitrogens is 1. The number of hydrogen-bond acceptors (Lipinski definition) is 3. The van der Waals surface area contributed by atoms with Crippen molar-refractivity contribution in [2.24, 2.45) is 0 Å². The fourth-order valence-electron chi connectivity index (χ4n) is 1.11. The molecule has 1 aromatic heterocycles. The van der Waals surface area contributed by atoms with Crippen LogP contribution in [-0.4, -0.2) is 24.7 Å². The summed E-state index contributed by atoms with van der Waals surface area (Å²) in [5, 5.41) is 6.01. The monoisotopic (exact) mass is 227 g/mol. The van der Waals surface area contributed by atoms with Crippen LogP contribution in [0.5, 0.6) is 0 Å². The van der Waals surface area contributed by atoms with Crippen LogP contribution in [-0.2, 0) is 10.0 Å². The Bertz CT molecular complexity index is 430. The van der Waals surface area contributed by atoms with Crippen molar-refractivity contribution in [3.63, 3.8) is 0 Å². The lowest BCUT2D eigenvalue weighted by Crippen LogP contribution is -2.33. The molecule has 0 bridgehead atoms. The molecule has 0 saturated heterocycles. The molecule has 0 aromatic carbocycles. The number of aromatic amines is 1. The van der Waals surface area contributed by atoms with Gasteiger partial charge in [0.1, 0.15) is 4.90 Å². The van der Waals surface area contributed by atoms with Crippen molar-refractivity contribution < 1.29 is 8.42 Å². The van der Waals surface area contributed by atoms with E-state index in [-0.39, 0.29) is 4.90 Å². The molecule has 1 heterocycles. The standard InChI is InChI=1S/C9H13N3O2S/c1-3-5-8(4-2)12-15(13,14)9-6-10-11-7-9/h2,6-8,12H,3,5H2,1H3,(H,10,11). The van der Waals surface area contributed by atoms with Gasteiger partial charge in [-0.25, -0.2) is 8.42 Å². The highest BCUT2D eigenvalue weighted by Crippen LogP contribution is 2.07. The molecule has 5 nitrogen and oxygen atoms in total. The van der Waals surface area contributed by atoms with Gasteiger partial charge >= 0.3 is 0 Å². The zero-order chi connectivity index (χ0) is 11.3. The Morgan fingerprint density at radius 3 is 2.93 bits per heavy atom. The third kappa shape index (κ3) is 3.08. The van der Waals surface area contributed by atoms with Crippen LogP contribution in [0.2, 0.25) is 0 Å². The van der Waals surface area contributed by atoms with Gasteiger partial charge in [0, 0.05) is 6.20 Å². The van der Waals surface area contributed by atoms with Crippen molar-refractivity contribution in [1.82, 2.24) is 14.9 Å². The third-order valence-electron chi connectivity index (χ3n) is 1.86. The van der Waals surface area contributed by atoms with Crippen LogP contribution in [0.15, 0.2) is 17.3 Å². The summed E-state index contributed by atoms with van der Waals surface area (Å²) in [6, 6.07) is -0.463. The van der Waals surface area contributed by atoms with Crippen LogP contribution in [0, 0.1) is 12.3 Å². The molecular formula is C9H13N3O2S. The lowest BCUT2D eigenvalue weighted by atomic mass is 10.2. The molecule has 0 saturated carbocycles. The van der Waals surface area contributed by atoms with E-state index in [0.717, 1.165) is 6.42 Å². The van der Waals surface area contributed by atoms with Crippen molar-refractivity contribution in [1.29, 1.82) is 0 Å². The summed E-state index contributed by atoms with van der Waals surface area (Å²) in [7, 11) is -3.54. The van der Waals surface area contributed by atoms with Crippen molar-refractivity contribution in [3.05, 3.63) is 12.4 Å². The summed E-state index contributed by atoms with van der Waals surface area (Å²) in [6.45, 7) is 1.94. The van der Waals surface area contributed by atoms with E-state index in [9.17, 15) is 8.42 Å². The number of hydrogen-bond donors (Lipinski definition) is 2. The van der Waals surface area contributed by atoms with Gasteiger partial charge in [-0.05, 0) is 6.42 Å². The van der Waals surface area contributed by atoms with Gasteiger partial charge < -0.3 is 0 Å². The maximum atomic E-state index is 11.7. The minimum absolute atomic E-state index is 0.0962. The summed E-state index contributed by atoms with van der Waals surface area (Å²) in [4.78, 5) is 0.0962. The minimum Gasteiger partial charge on any atom is -0.284 e. The Balaban J connectivity index is 2.77. The quantitative estimate of drug-likeness (QED) is 0.719. The molecule has 0 fully saturated rings. The predicted octanol–water partition coefficient (Wildman–Crippen LogP) is 0.490. The second-order valence-electron chi connectivity index (χ2n) is 3.06. The van der Waals surface area contributed by atoms with E-state index in [2.05, 4.69) is 20.8 Å². The molecule has 0 aliphatic rings. The minimum atomic E-state index is -3.54. The molecular weight excluding hydrogens is 214 g/mol. The molecule has 1 aromatic rings. The number of rotatable bonds is 5. The molecule has 0 aliphatic heterocycles. The van der Waals surface area contributed by atoms with Crippen LogP contribution >= 0.6 is 0 Å². The fourth-order valence-corrected chi connectivity index (χ4v) is 2.20. The van der Waals surface area contributed by atoms with Crippen molar-refractivity contribution >= 4 is 10.0 Å². The topological polar surface area (TPSA) is 74.8 Å². The normalized spacial score (nSPS) is 13.3. The highest BCUT2D eigenvalue weighted by atomic mass is 32.2. The summed E-state index contributed by atoms with van der Waals surface area (Å²) in [5.74, 6) is 2.40. The average Bonchev–Trinajstić information content (AvgIpc) is 2.70. The Labute approximate surface area is 89.3 Å². The van der Waals surface area contributed by atoms with Gasteiger partial charge in [-0.15, -0.1) is 6.42 Å². The summed E-state index contributed by atoms with van der Waals surface area (Å²) in [5.41, 5.74) is 0. The predicted molar refractivity (Wildman–Crippen MR) is 56.4 cm³/mol. The van der Waals surface area contributed by atoms with E-state index < -0.39 is 16.1 Å². The Kier molecular flexibility index (Phi) is 3.88. The van der Waals surface area contributed by atoms with Gasteiger partial charge in [0.15, 0.2) is 0 Å². The van der Waals surface area contributed by atoms with Crippen molar-refractivity contribution in [3.8, 4) is 12.3 Å². The van der Waals surface area contributed by atoms with Crippen LogP contribution in [0.1, 0.15) is 19.8 Å². The number of terminal acetylenes is 1. The summed E-state index contributed by atoms with van der Waals surface area (Å²) in [6.07, 6.45) is 9.21. The van der Waals surface area contributed by atoms with Gasteiger partial charge in [-0.3, -0.25) is 5.10 Å². The number of nitrogens with one attached hydrogen (secondary N) is 2. The van der Waals surface area contributed by atoms with Crippen LogP contribution in [0.4, 0.5) is 0 Å². The van der Waals surface area contributed by atoms with Crippen LogP contribution in [0.3, 0.4) is 0 Å². The van der Waals surface area contributed by atoms with Gasteiger partial charge in [0.05, 0.1) is 12.2 Å². The first-order valence-electron chi connectivity index (χ1n) is 4.57. The van der Waals surface area contributed by atoms with E-state index in [4.69, 9.17) is 6.42 Å². The number of nitrogens with zero attached hydrogens (tertiary/aromatic N) is 1. The SMILES string of the molecule is C#CC(CCC)NS(=O)(=O)c1cn[nH]c1. The number of aromatic nitrogens is 2. The van der Waals surface area contributed by atoms with Crippen molar-refractivity contribution in [2.75, 3.05) is 0 Å². The average molecular weight is 227 g/mol. The lowest BCUT2D eigenvalue weighted by molar-refractivity contribution is 0.564. The molecule has 1 rings (SSSR count). The zero-order valence-electron chi connectivity index (χ0n) is 8.40. The highest BCUT2D eigenvalue weighted by Gasteiger charge is 2.18. The maximum Gasteiger partial charge on any atom is 0.244 e. The largest absolute Gasteiger partial charge is 0.284 e. The van der Waals surface area contributed by atoms with E-state index >= 15 is 0 Å². The molecule has 0 aliphatic carbocycles. The first kappa shape index (κ1) is 11.8. The lowest BCUT2D eigenvalue weighted by Gasteiger charge is -2.10. The summed E-state index contributed by atoms with van der Waals surface area (Å²) >= 11 is 0. The van der Waals surface area contributed by atoms with Crippen molar-refractivity contribution in [2.45, 2.75) is 30.7 Å². The van der Waals surface area contributed by atoms with E-state index in [1.165, 1.54) is 12.4 Å². The Hall–Kier alpha value is -1.32. The van der Waals surface area contributed by atoms with E-state index in [1.807, 2.05) is 6.92 Å². The molecule has 0 amide bonds. The highest BCUT2D eigenvalue weighted by molar-refractivity contribution is 7.89. The Morgan fingerprint density at radius 1 is 1.73 bits per heavy atom. The second kappa shape index (κ2) is 4.96. The molecule has 0 radical (unpaired) electrons. The zero-order valence-corrected chi connectivity index (χ0v) is 9.21. The van der Waals surface area contributed by atoms with Gasteiger partial charge in [0.25, 0.3) is 0 Å². The van der Waals surface area contributed by atoms with Gasteiger partial charge in [-0.1, -0.05) is 19.3 Å². The Morgan fingerprint density at radius 2 is 2.47 bits per heavy atom. The molecule has 15 heavy (non-hydrogen) atoms. The van der Waals surface area contributed by atoms with Gasteiger partial charge in [0.2, 0.25) is 10.0 Å². The van der Waals surface area contributed by atoms with E-state index in [1.54, 1.807) is 0 Å². The van der Waals surface area contributed by atoms with E-state index in [0.29, 0.717) is 6.42 Å². The molecule has 0 spiro atoms. The molecule has 6 heteroatoms. The first-order chi connectivity index (χ1) is 7.10. The summed E-state index contributed by atoms with van der Waals surface area (Å²) < 4.78 is 25.8. The first-order valence-corrected chi connectivity index (χ1v) is 6.05.